The summed E-state index contributed by atoms with van der Waals surface area (Å²) in [5, 5.41) is 3.15. The number of rotatable bonds is 13. The Balaban J connectivity index is 1.48. The van der Waals surface area contributed by atoms with Crippen molar-refractivity contribution in [1.29, 1.82) is 0 Å². The van der Waals surface area contributed by atoms with Crippen molar-refractivity contribution < 1.29 is 22.7 Å². The number of amides is 2. The lowest BCUT2D eigenvalue weighted by Crippen LogP contribution is -2.53. The van der Waals surface area contributed by atoms with Crippen molar-refractivity contribution in [2.24, 2.45) is 0 Å². The predicted octanol–water partition coefficient (Wildman–Crippen LogP) is 6.85. The van der Waals surface area contributed by atoms with E-state index >= 15 is 0 Å². The zero-order chi connectivity index (χ0) is 32.5. The Bertz CT molecular complexity index is 1710. The Morgan fingerprint density at radius 2 is 1.41 bits per heavy atom. The Morgan fingerprint density at radius 1 is 0.826 bits per heavy atom. The molecule has 46 heavy (non-hydrogen) atoms. The Labute approximate surface area is 272 Å². The van der Waals surface area contributed by atoms with Crippen molar-refractivity contribution in [1.82, 2.24) is 10.2 Å². The second-order valence-electron chi connectivity index (χ2n) is 11.6. The normalized spacial score (nSPS) is 14.0. The number of ether oxygens (including phenoxy) is 1. The fraction of sp³-hybridized carbons (Fsp3) is 0.297. The maximum Gasteiger partial charge on any atom is 0.264 e. The molecule has 0 aliphatic heterocycles. The molecule has 0 saturated heterocycles. The van der Waals surface area contributed by atoms with Gasteiger partial charge in [-0.25, -0.2) is 8.42 Å². The molecular weight excluding hydrogens is 598 g/mol. The van der Waals surface area contributed by atoms with Crippen molar-refractivity contribution in [3.05, 3.63) is 120 Å². The van der Waals surface area contributed by atoms with Gasteiger partial charge in [0.1, 0.15) is 24.1 Å². The van der Waals surface area contributed by atoms with Crippen molar-refractivity contribution >= 4 is 27.5 Å². The number of carbonyl (C=O) groups excluding carboxylic acids is 2. The van der Waals surface area contributed by atoms with E-state index < -0.39 is 28.5 Å². The Morgan fingerprint density at radius 3 is 2.04 bits per heavy atom. The fourth-order valence-electron chi connectivity index (χ4n) is 5.81. The number of nitrogens with one attached hydrogen (secondary N) is 1. The molecule has 0 radical (unpaired) electrons. The Kier molecular flexibility index (Phi) is 10.8. The lowest BCUT2D eigenvalue weighted by atomic mass is 10.1. The lowest BCUT2D eigenvalue weighted by Gasteiger charge is -2.34. The van der Waals surface area contributed by atoms with Crippen LogP contribution in [0.1, 0.15) is 50.2 Å². The van der Waals surface area contributed by atoms with Gasteiger partial charge in [-0.3, -0.25) is 13.9 Å². The van der Waals surface area contributed by atoms with E-state index in [-0.39, 0.29) is 23.4 Å². The molecule has 8 nitrogen and oxygen atoms in total. The zero-order valence-corrected chi connectivity index (χ0v) is 27.2. The first-order chi connectivity index (χ1) is 22.3. The third kappa shape index (κ3) is 7.95. The van der Waals surface area contributed by atoms with Gasteiger partial charge in [-0.05, 0) is 85.8 Å². The topological polar surface area (TPSA) is 96.0 Å². The molecule has 1 fully saturated rings. The number of nitrogens with zero attached hydrogens (tertiary/aromatic N) is 2. The quantitative estimate of drug-likeness (QED) is 0.173. The molecule has 2 amide bonds. The van der Waals surface area contributed by atoms with E-state index in [9.17, 15) is 18.0 Å². The highest BCUT2D eigenvalue weighted by atomic mass is 32.2. The van der Waals surface area contributed by atoms with Gasteiger partial charge in [-0.1, -0.05) is 80.4 Å². The second kappa shape index (κ2) is 15.1. The summed E-state index contributed by atoms with van der Waals surface area (Å²) in [5.41, 5.74) is 2.17. The van der Waals surface area contributed by atoms with Crippen molar-refractivity contribution in [2.75, 3.05) is 10.8 Å². The molecule has 240 valence electrons. The third-order valence-corrected chi connectivity index (χ3v) is 10.2. The molecule has 0 heterocycles. The molecule has 1 unspecified atom stereocenters. The van der Waals surface area contributed by atoms with Crippen LogP contribution in [0.4, 0.5) is 5.69 Å². The second-order valence-corrected chi connectivity index (χ2v) is 13.5. The first-order valence-corrected chi connectivity index (χ1v) is 17.3. The maximum atomic E-state index is 14.4. The van der Waals surface area contributed by atoms with E-state index in [2.05, 4.69) is 5.32 Å². The van der Waals surface area contributed by atoms with Crippen LogP contribution in [0.15, 0.2) is 114 Å². The summed E-state index contributed by atoms with van der Waals surface area (Å²) < 4.78 is 35.3. The van der Waals surface area contributed by atoms with Gasteiger partial charge in [0.15, 0.2) is 0 Å². The summed E-state index contributed by atoms with van der Waals surface area (Å²) in [6.07, 6.45) is 4.35. The van der Waals surface area contributed by atoms with Crippen LogP contribution in [0.5, 0.6) is 11.5 Å². The first-order valence-electron chi connectivity index (χ1n) is 15.8. The number of aryl methyl sites for hydroxylation is 1. The molecule has 1 N–H and O–H groups in total. The molecule has 4 aromatic carbocycles. The van der Waals surface area contributed by atoms with Crippen LogP contribution in [0.2, 0.25) is 0 Å². The van der Waals surface area contributed by atoms with Crippen LogP contribution in [0, 0.1) is 6.92 Å². The summed E-state index contributed by atoms with van der Waals surface area (Å²) in [6, 6.07) is 31.0. The van der Waals surface area contributed by atoms with Crippen LogP contribution in [0.25, 0.3) is 0 Å². The zero-order valence-electron chi connectivity index (χ0n) is 26.3. The van der Waals surface area contributed by atoms with E-state index in [0.29, 0.717) is 23.6 Å². The molecule has 1 atom stereocenters. The largest absolute Gasteiger partial charge is 0.457 e. The van der Waals surface area contributed by atoms with E-state index in [1.165, 1.54) is 17.0 Å². The van der Waals surface area contributed by atoms with E-state index in [0.717, 1.165) is 41.1 Å². The minimum absolute atomic E-state index is 0.0592. The van der Waals surface area contributed by atoms with E-state index in [1.807, 2.05) is 68.4 Å². The smallest absolute Gasteiger partial charge is 0.264 e. The molecule has 1 aliphatic rings. The van der Waals surface area contributed by atoms with Gasteiger partial charge in [0.2, 0.25) is 11.8 Å². The van der Waals surface area contributed by atoms with Crippen molar-refractivity contribution in [3.8, 4) is 11.5 Å². The third-order valence-electron chi connectivity index (χ3n) is 8.40. The minimum atomic E-state index is -4.16. The molecule has 4 aromatic rings. The number of anilines is 1. The number of benzene rings is 4. The number of carbonyl (C=O) groups is 2. The molecule has 5 rings (SSSR count). The van der Waals surface area contributed by atoms with Gasteiger partial charge in [-0.15, -0.1) is 0 Å². The van der Waals surface area contributed by atoms with Crippen LogP contribution >= 0.6 is 0 Å². The van der Waals surface area contributed by atoms with Crippen LogP contribution < -0.4 is 14.4 Å². The van der Waals surface area contributed by atoms with Gasteiger partial charge in [0.05, 0.1) is 10.6 Å². The average Bonchev–Trinajstić information content (AvgIpc) is 3.58. The minimum Gasteiger partial charge on any atom is -0.457 e. The van der Waals surface area contributed by atoms with Crippen LogP contribution in [-0.2, 0) is 26.2 Å². The SMILES string of the molecule is CCC(C(=O)NC1CCCC1)N(Cc1ccccc1C)C(=O)CN(c1ccc(Oc2ccccc2)cc1)S(=O)(=O)c1ccccc1. The summed E-state index contributed by atoms with van der Waals surface area (Å²) in [7, 11) is -4.16. The van der Waals surface area contributed by atoms with Gasteiger partial charge in [-0.2, -0.15) is 0 Å². The van der Waals surface area contributed by atoms with Crippen molar-refractivity contribution in [3.63, 3.8) is 0 Å². The number of sulfonamides is 1. The standard InChI is InChI=1S/C37H41N3O5S/c1-3-35(37(42)38-30-16-12-13-17-30)39(26-29-15-11-10-14-28(29)2)36(41)27-40(46(43,44)34-20-8-5-9-21-34)31-22-24-33(25-23-31)45-32-18-6-4-7-19-32/h4-11,14-15,18-25,30,35H,3,12-13,16-17,26-27H2,1-2H3,(H,38,42). The summed E-state index contributed by atoms with van der Waals surface area (Å²) >= 11 is 0. The summed E-state index contributed by atoms with van der Waals surface area (Å²) in [5.74, 6) is 0.485. The molecule has 1 aliphatic carbocycles. The van der Waals surface area contributed by atoms with Gasteiger partial charge in [0.25, 0.3) is 10.0 Å². The predicted molar refractivity (Wildman–Crippen MR) is 180 cm³/mol. The molecule has 0 spiro atoms. The fourth-order valence-corrected chi connectivity index (χ4v) is 7.25. The molecular formula is C37H41N3O5S. The van der Waals surface area contributed by atoms with E-state index in [4.69, 9.17) is 4.74 Å². The maximum absolute atomic E-state index is 14.4. The molecule has 0 bridgehead atoms. The average molecular weight is 640 g/mol. The summed E-state index contributed by atoms with van der Waals surface area (Å²) in [4.78, 5) is 29.6. The van der Waals surface area contributed by atoms with Crippen LogP contribution in [0.3, 0.4) is 0 Å². The summed E-state index contributed by atoms with van der Waals surface area (Å²) in [6.45, 7) is 3.52. The molecule has 0 aromatic heterocycles. The van der Waals surface area contributed by atoms with Gasteiger partial charge >= 0.3 is 0 Å². The number of hydrogen-bond donors (Lipinski definition) is 1. The first kappa shape index (κ1) is 32.8. The van der Waals surface area contributed by atoms with Crippen LogP contribution in [-0.4, -0.2) is 43.8 Å². The molecule has 1 saturated carbocycles. The number of para-hydroxylation sites is 1. The lowest BCUT2D eigenvalue weighted by molar-refractivity contribution is -0.140. The highest BCUT2D eigenvalue weighted by molar-refractivity contribution is 7.92. The highest BCUT2D eigenvalue weighted by Crippen LogP contribution is 2.29. The van der Waals surface area contributed by atoms with E-state index in [1.54, 1.807) is 42.5 Å². The Hall–Kier alpha value is -4.63. The number of hydrogen-bond acceptors (Lipinski definition) is 5. The van der Waals surface area contributed by atoms with Crippen molar-refractivity contribution in [2.45, 2.75) is 69.5 Å². The van der Waals surface area contributed by atoms with Gasteiger partial charge < -0.3 is 15.0 Å². The highest BCUT2D eigenvalue weighted by Gasteiger charge is 2.34. The van der Waals surface area contributed by atoms with Gasteiger partial charge in [0, 0.05) is 12.6 Å². The monoisotopic (exact) mass is 639 g/mol. The molecule has 9 heteroatoms.